The molecule has 0 aliphatic carbocycles. The Labute approximate surface area is 125 Å². The van der Waals surface area contributed by atoms with Crippen molar-refractivity contribution in [1.29, 1.82) is 0 Å². The summed E-state index contributed by atoms with van der Waals surface area (Å²) in [5.41, 5.74) is 1.98. The molecule has 0 radical (unpaired) electrons. The van der Waals surface area contributed by atoms with Gasteiger partial charge in [-0.05, 0) is 43.3 Å². The van der Waals surface area contributed by atoms with Gasteiger partial charge in [-0.25, -0.2) is 9.78 Å². The maximum absolute atomic E-state index is 10.8. The number of hydrogen-bond acceptors (Lipinski definition) is 4. The maximum atomic E-state index is 10.8. The molecule has 4 nitrogen and oxygen atoms in total. The molecule has 0 amide bonds. The normalized spacial score (nSPS) is 12.2. The van der Waals surface area contributed by atoms with Crippen molar-refractivity contribution in [2.75, 3.05) is 0 Å². The van der Waals surface area contributed by atoms with Gasteiger partial charge in [0.25, 0.3) is 0 Å². The van der Waals surface area contributed by atoms with Crippen LogP contribution in [-0.4, -0.2) is 22.2 Å². The second-order valence-corrected chi connectivity index (χ2v) is 5.64. The first-order valence-corrected chi connectivity index (χ1v) is 7.30. The lowest BCUT2D eigenvalue weighted by Crippen LogP contribution is -2.22. The van der Waals surface area contributed by atoms with E-state index in [1.807, 2.05) is 36.4 Å². The number of carboxylic acids is 1. The van der Waals surface area contributed by atoms with Crippen molar-refractivity contribution in [3.8, 4) is 16.3 Å². The largest absolute Gasteiger partial charge is 0.479 e. The Morgan fingerprint density at radius 3 is 2.57 bits per heavy atom. The van der Waals surface area contributed by atoms with E-state index in [2.05, 4.69) is 4.98 Å². The number of nitrogens with zero attached hydrogens (tertiary/aromatic N) is 1. The molecule has 0 aliphatic rings. The van der Waals surface area contributed by atoms with Gasteiger partial charge in [0.1, 0.15) is 10.8 Å². The van der Waals surface area contributed by atoms with Gasteiger partial charge in [-0.3, -0.25) is 0 Å². The predicted molar refractivity (Wildman–Crippen MR) is 82.8 cm³/mol. The fourth-order valence-corrected chi connectivity index (χ4v) is 2.90. The minimum Gasteiger partial charge on any atom is -0.479 e. The van der Waals surface area contributed by atoms with Crippen LogP contribution >= 0.6 is 11.3 Å². The Hall–Kier alpha value is -2.40. The lowest BCUT2D eigenvalue weighted by molar-refractivity contribution is -0.144. The topological polar surface area (TPSA) is 59.4 Å². The standard InChI is InChI=1S/C16H13NO3S/c1-10(16(18)19)20-12-8-6-11(7-9-12)15-17-13-4-2-3-5-14(13)21-15/h2-10H,1H3,(H,18,19)/t10-/m1/s1. The Bertz CT molecular complexity index is 747. The Balaban J connectivity index is 1.85. The lowest BCUT2D eigenvalue weighted by atomic mass is 10.2. The molecule has 1 N–H and O–H groups in total. The summed E-state index contributed by atoms with van der Waals surface area (Å²) in [7, 11) is 0. The first-order valence-electron chi connectivity index (χ1n) is 6.49. The number of benzene rings is 2. The molecule has 0 bridgehead atoms. The van der Waals surface area contributed by atoms with E-state index in [1.54, 1.807) is 23.5 Å². The minimum absolute atomic E-state index is 0.537. The third-order valence-electron chi connectivity index (χ3n) is 3.06. The highest BCUT2D eigenvalue weighted by molar-refractivity contribution is 7.21. The molecule has 5 heteroatoms. The number of rotatable bonds is 4. The summed E-state index contributed by atoms with van der Waals surface area (Å²) in [5.74, 6) is -0.444. The number of carboxylic acid groups (broad SMARTS) is 1. The van der Waals surface area contributed by atoms with Crippen molar-refractivity contribution < 1.29 is 14.6 Å². The number of fused-ring (bicyclic) bond motifs is 1. The average molecular weight is 299 g/mol. The first kappa shape index (κ1) is 13.6. The van der Waals surface area contributed by atoms with Crippen LogP contribution in [0.2, 0.25) is 0 Å². The van der Waals surface area contributed by atoms with E-state index in [1.165, 1.54) is 6.92 Å². The molecule has 0 aliphatic heterocycles. The fourth-order valence-electron chi connectivity index (χ4n) is 1.93. The zero-order chi connectivity index (χ0) is 14.8. The average Bonchev–Trinajstić information content (AvgIpc) is 2.91. The Morgan fingerprint density at radius 1 is 1.19 bits per heavy atom. The molecule has 0 saturated heterocycles. The highest BCUT2D eigenvalue weighted by Crippen LogP contribution is 2.30. The van der Waals surface area contributed by atoms with Gasteiger partial charge < -0.3 is 9.84 Å². The number of hydrogen-bond donors (Lipinski definition) is 1. The van der Waals surface area contributed by atoms with Crippen LogP contribution in [-0.2, 0) is 4.79 Å². The highest BCUT2D eigenvalue weighted by atomic mass is 32.1. The van der Waals surface area contributed by atoms with Gasteiger partial charge >= 0.3 is 5.97 Å². The molecule has 2 aromatic carbocycles. The SMILES string of the molecule is C[C@@H](Oc1ccc(-c2nc3ccccc3s2)cc1)C(=O)O. The molecule has 1 aromatic heterocycles. The van der Waals surface area contributed by atoms with Crippen LogP contribution in [0.3, 0.4) is 0 Å². The van der Waals surface area contributed by atoms with Crippen LogP contribution in [0.25, 0.3) is 20.8 Å². The second-order valence-electron chi connectivity index (χ2n) is 4.61. The number of aliphatic carboxylic acids is 1. The summed E-state index contributed by atoms with van der Waals surface area (Å²) in [4.78, 5) is 15.3. The summed E-state index contributed by atoms with van der Waals surface area (Å²) in [5, 5.41) is 9.76. The monoisotopic (exact) mass is 299 g/mol. The van der Waals surface area contributed by atoms with Crippen molar-refractivity contribution in [3.05, 3.63) is 48.5 Å². The van der Waals surface area contributed by atoms with Gasteiger partial charge in [-0.2, -0.15) is 0 Å². The van der Waals surface area contributed by atoms with Crippen LogP contribution < -0.4 is 4.74 Å². The molecule has 106 valence electrons. The van der Waals surface area contributed by atoms with Crippen molar-refractivity contribution in [1.82, 2.24) is 4.98 Å². The van der Waals surface area contributed by atoms with E-state index in [-0.39, 0.29) is 0 Å². The summed E-state index contributed by atoms with van der Waals surface area (Å²) < 4.78 is 6.45. The van der Waals surface area contributed by atoms with E-state index in [4.69, 9.17) is 9.84 Å². The number of thiazole rings is 1. The van der Waals surface area contributed by atoms with Gasteiger partial charge in [-0.15, -0.1) is 11.3 Å². The van der Waals surface area contributed by atoms with Gasteiger partial charge in [-0.1, -0.05) is 12.1 Å². The molecular formula is C16H13NO3S. The summed E-state index contributed by atoms with van der Waals surface area (Å²) in [6.45, 7) is 1.50. The number of ether oxygens (including phenoxy) is 1. The van der Waals surface area contributed by atoms with Crippen LogP contribution in [0.15, 0.2) is 48.5 Å². The smallest absolute Gasteiger partial charge is 0.344 e. The van der Waals surface area contributed by atoms with Crippen molar-refractivity contribution in [3.63, 3.8) is 0 Å². The van der Waals surface area contributed by atoms with Crippen LogP contribution in [0.1, 0.15) is 6.92 Å². The van der Waals surface area contributed by atoms with Crippen LogP contribution in [0, 0.1) is 0 Å². The van der Waals surface area contributed by atoms with Crippen LogP contribution in [0.4, 0.5) is 0 Å². The molecule has 3 rings (SSSR count). The zero-order valence-corrected chi connectivity index (χ0v) is 12.1. The third kappa shape index (κ3) is 2.87. The molecule has 0 saturated carbocycles. The first-order chi connectivity index (χ1) is 10.1. The van der Waals surface area contributed by atoms with Gasteiger partial charge in [0, 0.05) is 5.56 Å². The fraction of sp³-hybridized carbons (Fsp3) is 0.125. The Kier molecular flexibility index (Phi) is 3.58. The van der Waals surface area contributed by atoms with Crippen molar-refractivity contribution in [2.45, 2.75) is 13.0 Å². The van der Waals surface area contributed by atoms with Crippen LogP contribution in [0.5, 0.6) is 5.75 Å². The number of carbonyl (C=O) groups is 1. The zero-order valence-electron chi connectivity index (χ0n) is 11.3. The number of para-hydroxylation sites is 1. The third-order valence-corrected chi connectivity index (χ3v) is 4.14. The van der Waals surface area contributed by atoms with Gasteiger partial charge in [0.2, 0.25) is 0 Å². The van der Waals surface area contributed by atoms with E-state index in [0.717, 1.165) is 20.8 Å². The van der Waals surface area contributed by atoms with E-state index in [9.17, 15) is 4.79 Å². The van der Waals surface area contributed by atoms with E-state index >= 15 is 0 Å². The quantitative estimate of drug-likeness (QED) is 0.795. The lowest BCUT2D eigenvalue weighted by Gasteiger charge is -2.10. The molecule has 3 aromatic rings. The molecule has 0 spiro atoms. The summed E-state index contributed by atoms with van der Waals surface area (Å²) in [6.07, 6.45) is -0.863. The molecule has 1 heterocycles. The van der Waals surface area contributed by atoms with Crippen molar-refractivity contribution >= 4 is 27.5 Å². The van der Waals surface area contributed by atoms with E-state index < -0.39 is 12.1 Å². The highest BCUT2D eigenvalue weighted by Gasteiger charge is 2.12. The maximum Gasteiger partial charge on any atom is 0.344 e. The minimum atomic E-state index is -0.981. The molecule has 21 heavy (non-hydrogen) atoms. The predicted octanol–water partition coefficient (Wildman–Crippen LogP) is 3.82. The summed E-state index contributed by atoms with van der Waals surface area (Å²) in [6, 6.07) is 15.3. The van der Waals surface area contributed by atoms with Gasteiger partial charge in [0.15, 0.2) is 6.10 Å². The van der Waals surface area contributed by atoms with E-state index in [0.29, 0.717) is 5.75 Å². The molecule has 0 unspecified atom stereocenters. The number of aromatic nitrogens is 1. The molecule has 0 fully saturated rings. The van der Waals surface area contributed by atoms with Gasteiger partial charge in [0.05, 0.1) is 10.2 Å². The second kappa shape index (κ2) is 5.54. The Morgan fingerprint density at radius 2 is 1.90 bits per heavy atom. The van der Waals surface area contributed by atoms with Crippen molar-refractivity contribution in [2.24, 2.45) is 0 Å². The molecule has 1 atom stereocenters. The summed E-state index contributed by atoms with van der Waals surface area (Å²) >= 11 is 1.63. The molecular weight excluding hydrogens is 286 g/mol.